The number of hydrogen-bond acceptors (Lipinski definition) is 5. The Morgan fingerprint density at radius 3 is 2.50 bits per heavy atom. The third-order valence-corrected chi connectivity index (χ3v) is 5.90. The van der Waals surface area contributed by atoms with Gasteiger partial charge in [0.1, 0.15) is 11.6 Å². The predicted molar refractivity (Wildman–Crippen MR) is 120 cm³/mol. The van der Waals surface area contributed by atoms with Gasteiger partial charge >= 0.3 is 0 Å². The molecule has 1 aliphatic rings. The molecule has 0 spiro atoms. The van der Waals surface area contributed by atoms with Crippen LogP contribution in [0.2, 0.25) is 5.02 Å². The number of pyridine rings is 1. The number of hydrogen-bond donors (Lipinski definition) is 3. The Morgan fingerprint density at radius 2 is 1.80 bits per heavy atom. The molecule has 1 fully saturated rings. The number of aryl methyl sites for hydroxylation is 2. The highest BCUT2D eigenvalue weighted by atomic mass is 35.5. The number of nitrogens with zero attached hydrogens (tertiary/aromatic N) is 3. The summed E-state index contributed by atoms with van der Waals surface area (Å²) in [6, 6.07) is 7.15. The minimum absolute atomic E-state index is 0.274. The number of piperidine rings is 1. The van der Waals surface area contributed by atoms with E-state index in [0.717, 1.165) is 42.8 Å². The first-order valence-electron chi connectivity index (χ1n) is 10.1. The van der Waals surface area contributed by atoms with Crippen LogP contribution in [-0.4, -0.2) is 40.2 Å². The Bertz CT molecular complexity index is 1040. The van der Waals surface area contributed by atoms with Gasteiger partial charge in [0.25, 0.3) is 0 Å². The molecule has 8 heteroatoms. The number of aromatic amines is 1. The lowest BCUT2D eigenvalue weighted by atomic mass is 9.86. The molecule has 1 aromatic carbocycles. The highest BCUT2D eigenvalue weighted by Gasteiger charge is 2.21. The molecule has 1 aliphatic heterocycles. The fourth-order valence-corrected chi connectivity index (χ4v) is 4.06. The molecule has 4 rings (SSSR count). The van der Waals surface area contributed by atoms with Crippen molar-refractivity contribution in [3.8, 4) is 0 Å². The summed E-state index contributed by atoms with van der Waals surface area (Å²) in [7, 11) is 2.13. The number of halogens is 2. The smallest absolute Gasteiger partial charge is 0.152 e. The van der Waals surface area contributed by atoms with E-state index in [1.165, 1.54) is 6.20 Å². The lowest BCUT2D eigenvalue weighted by molar-refractivity contribution is 0.255. The zero-order chi connectivity index (χ0) is 21.3. The standard InChI is InChI=1S/C22H26ClFN6/c1-13-8-20(18(24)10-16(13)15-4-6-30(3)7-5-15)27-21-11-19(17(23)12-25-21)26-22-9-14(2)28-29-22/h8-12,15H,4-7H2,1-3H3,(H3,25,26,27,28,29). The van der Waals surface area contributed by atoms with Crippen LogP contribution in [0.3, 0.4) is 0 Å². The van der Waals surface area contributed by atoms with Gasteiger partial charge in [0.15, 0.2) is 5.82 Å². The lowest BCUT2D eigenvalue weighted by Gasteiger charge is -2.30. The number of likely N-dealkylation sites (tertiary alicyclic amines) is 1. The van der Waals surface area contributed by atoms with Crippen LogP contribution in [-0.2, 0) is 0 Å². The predicted octanol–water partition coefficient (Wildman–Crippen LogP) is 5.51. The molecule has 158 valence electrons. The van der Waals surface area contributed by atoms with Gasteiger partial charge in [-0.05, 0) is 76.0 Å². The van der Waals surface area contributed by atoms with E-state index in [1.54, 1.807) is 12.1 Å². The van der Waals surface area contributed by atoms with Gasteiger partial charge in [0.2, 0.25) is 0 Å². The van der Waals surface area contributed by atoms with Crippen LogP contribution < -0.4 is 10.6 Å². The molecule has 0 unspecified atom stereocenters. The summed E-state index contributed by atoms with van der Waals surface area (Å²) in [6.45, 7) is 6.05. The van der Waals surface area contributed by atoms with Crippen molar-refractivity contribution < 1.29 is 4.39 Å². The van der Waals surface area contributed by atoms with Gasteiger partial charge in [-0.15, -0.1) is 0 Å². The van der Waals surface area contributed by atoms with Gasteiger partial charge in [0.05, 0.1) is 22.6 Å². The summed E-state index contributed by atoms with van der Waals surface area (Å²) < 4.78 is 14.9. The maximum Gasteiger partial charge on any atom is 0.152 e. The maximum atomic E-state index is 14.9. The van der Waals surface area contributed by atoms with Crippen molar-refractivity contribution in [1.82, 2.24) is 20.1 Å². The van der Waals surface area contributed by atoms with Crippen molar-refractivity contribution in [3.63, 3.8) is 0 Å². The van der Waals surface area contributed by atoms with E-state index in [4.69, 9.17) is 11.6 Å². The molecule has 3 heterocycles. The molecule has 30 heavy (non-hydrogen) atoms. The van der Waals surface area contributed by atoms with E-state index in [1.807, 2.05) is 26.0 Å². The van der Waals surface area contributed by atoms with E-state index in [2.05, 4.69) is 37.8 Å². The number of H-pyrrole nitrogens is 1. The van der Waals surface area contributed by atoms with Crippen LogP contribution in [0.25, 0.3) is 0 Å². The quantitative estimate of drug-likeness (QED) is 0.499. The van der Waals surface area contributed by atoms with Crippen molar-refractivity contribution in [3.05, 3.63) is 58.1 Å². The summed E-state index contributed by atoms with van der Waals surface area (Å²) in [5.41, 5.74) is 4.17. The maximum absolute atomic E-state index is 14.9. The fourth-order valence-electron chi connectivity index (χ4n) is 3.91. The Balaban J connectivity index is 1.54. The van der Waals surface area contributed by atoms with Gasteiger partial charge in [-0.25, -0.2) is 9.37 Å². The molecule has 0 amide bonds. The molecular weight excluding hydrogens is 403 g/mol. The van der Waals surface area contributed by atoms with Gasteiger partial charge < -0.3 is 15.5 Å². The zero-order valence-electron chi connectivity index (χ0n) is 17.4. The summed E-state index contributed by atoms with van der Waals surface area (Å²) in [4.78, 5) is 6.61. The lowest BCUT2D eigenvalue weighted by Crippen LogP contribution is -2.29. The first kappa shape index (κ1) is 20.6. The van der Waals surface area contributed by atoms with Crippen LogP contribution >= 0.6 is 11.6 Å². The molecule has 0 bridgehead atoms. The van der Waals surface area contributed by atoms with Gasteiger partial charge in [-0.2, -0.15) is 5.10 Å². The molecule has 3 aromatic rings. The van der Waals surface area contributed by atoms with Gasteiger partial charge in [-0.3, -0.25) is 5.10 Å². The number of anilines is 4. The number of aromatic nitrogens is 3. The average molecular weight is 429 g/mol. The van der Waals surface area contributed by atoms with E-state index in [-0.39, 0.29) is 5.82 Å². The van der Waals surface area contributed by atoms with E-state index in [0.29, 0.717) is 34.0 Å². The van der Waals surface area contributed by atoms with Gasteiger partial charge in [-0.1, -0.05) is 11.6 Å². The summed E-state index contributed by atoms with van der Waals surface area (Å²) >= 11 is 6.26. The Kier molecular flexibility index (Phi) is 5.92. The SMILES string of the molecule is Cc1cc(Nc2cc(Nc3cc(C)c(C4CCN(C)CC4)cc3F)ncc2Cl)n[nH]1. The largest absolute Gasteiger partial charge is 0.338 e. The van der Waals surface area contributed by atoms with Crippen molar-refractivity contribution in [2.45, 2.75) is 32.6 Å². The number of benzene rings is 1. The Hall–Kier alpha value is -2.64. The van der Waals surface area contributed by atoms with Crippen molar-refractivity contribution in [2.24, 2.45) is 0 Å². The Labute approximate surface area is 180 Å². The monoisotopic (exact) mass is 428 g/mol. The van der Waals surface area contributed by atoms with Gasteiger partial charge in [0, 0.05) is 17.8 Å². The van der Waals surface area contributed by atoms with Crippen LogP contribution in [0.1, 0.15) is 35.6 Å². The molecule has 1 saturated heterocycles. The molecule has 0 saturated carbocycles. The van der Waals surface area contributed by atoms with E-state index >= 15 is 0 Å². The van der Waals surface area contributed by atoms with Crippen LogP contribution in [0, 0.1) is 19.7 Å². The third-order valence-electron chi connectivity index (χ3n) is 5.60. The second kappa shape index (κ2) is 8.62. The highest BCUT2D eigenvalue weighted by molar-refractivity contribution is 6.33. The summed E-state index contributed by atoms with van der Waals surface area (Å²) in [5, 5.41) is 13.7. The highest BCUT2D eigenvalue weighted by Crippen LogP contribution is 2.34. The zero-order valence-corrected chi connectivity index (χ0v) is 18.1. The minimum Gasteiger partial charge on any atom is -0.338 e. The average Bonchev–Trinajstić information content (AvgIpc) is 3.12. The van der Waals surface area contributed by atoms with Crippen molar-refractivity contribution in [2.75, 3.05) is 30.8 Å². The van der Waals surface area contributed by atoms with Crippen molar-refractivity contribution >= 4 is 34.6 Å². The third kappa shape index (κ3) is 4.57. The Morgan fingerprint density at radius 1 is 1.07 bits per heavy atom. The summed E-state index contributed by atoms with van der Waals surface area (Å²) in [6.07, 6.45) is 3.65. The van der Waals surface area contributed by atoms with E-state index in [9.17, 15) is 4.39 Å². The van der Waals surface area contributed by atoms with Crippen molar-refractivity contribution in [1.29, 1.82) is 0 Å². The molecule has 0 aliphatic carbocycles. The first-order chi connectivity index (χ1) is 14.4. The molecule has 0 radical (unpaired) electrons. The van der Waals surface area contributed by atoms with Crippen LogP contribution in [0.5, 0.6) is 0 Å². The minimum atomic E-state index is -0.274. The fraction of sp³-hybridized carbons (Fsp3) is 0.364. The molecule has 3 N–H and O–H groups in total. The second-order valence-electron chi connectivity index (χ2n) is 8.00. The van der Waals surface area contributed by atoms with Crippen LogP contribution in [0.4, 0.5) is 27.4 Å². The van der Waals surface area contributed by atoms with E-state index < -0.39 is 0 Å². The van der Waals surface area contributed by atoms with Crippen LogP contribution in [0.15, 0.2) is 30.5 Å². The molecular formula is C22H26ClFN6. The topological polar surface area (TPSA) is 68.9 Å². The first-order valence-corrected chi connectivity index (χ1v) is 10.5. The summed E-state index contributed by atoms with van der Waals surface area (Å²) in [5.74, 6) is 1.28. The molecule has 0 atom stereocenters. The number of rotatable bonds is 5. The second-order valence-corrected chi connectivity index (χ2v) is 8.41. The number of nitrogens with one attached hydrogen (secondary N) is 3. The molecule has 2 aromatic heterocycles. The normalized spacial score (nSPS) is 15.4. The molecule has 6 nitrogen and oxygen atoms in total.